The first-order valence-electron chi connectivity index (χ1n) is 9.29. The van der Waals surface area contributed by atoms with Crippen LogP contribution in [0, 0.1) is 0 Å². The molecule has 0 bridgehead atoms. The van der Waals surface area contributed by atoms with Crippen molar-refractivity contribution in [2.45, 2.75) is 19.8 Å². The fourth-order valence-electron chi connectivity index (χ4n) is 3.40. The minimum Gasteiger partial charge on any atom is -0.493 e. The van der Waals surface area contributed by atoms with E-state index in [1.165, 1.54) is 43.4 Å². The lowest BCUT2D eigenvalue weighted by Crippen LogP contribution is -2.25. The van der Waals surface area contributed by atoms with E-state index in [1.54, 1.807) is 12.1 Å². The number of aromatic amines is 1. The van der Waals surface area contributed by atoms with Crippen LogP contribution in [-0.2, 0) is 12.8 Å². The highest BCUT2D eigenvalue weighted by atomic mass is 16.5. The van der Waals surface area contributed by atoms with E-state index in [1.807, 2.05) is 6.20 Å². The molecule has 0 saturated carbocycles. The number of methoxy groups -OCH3 is 3. The van der Waals surface area contributed by atoms with Crippen LogP contribution in [0.15, 0.2) is 36.5 Å². The van der Waals surface area contributed by atoms with E-state index in [-0.39, 0.29) is 5.91 Å². The summed E-state index contributed by atoms with van der Waals surface area (Å²) in [7, 11) is 4.59. The Kier molecular flexibility index (Phi) is 6.09. The zero-order valence-corrected chi connectivity index (χ0v) is 16.7. The Labute approximate surface area is 164 Å². The Morgan fingerprint density at radius 3 is 2.36 bits per heavy atom. The number of ether oxygens (including phenoxy) is 3. The van der Waals surface area contributed by atoms with Crippen LogP contribution < -0.4 is 19.5 Å². The number of hydrogen-bond acceptors (Lipinski definition) is 4. The Hall–Kier alpha value is -3.15. The molecule has 0 unspecified atom stereocenters. The summed E-state index contributed by atoms with van der Waals surface area (Å²) in [5.74, 6) is 1.19. The third-order valence-corrected chi connectivity index (χ3v) is 4.88. The summed E-state index contributed by atoms with van der Waals surface area (Å²) in [6.45, 7) is 2.67. The molecular weight excluding hydrogens is 356 g/mol. The molecule has 0 aliphatic rings. The maximum atomic E-state index is 12.6. The van der Waals surface area contributed by atoms with Crippen molar-refractivity contribution in [1.82, 2.24) is 10.3 Å². The van der Waals surface area contributed by atoms with Crippen LogP contribution in [0.4, 0.5) is 0 Å². The molecule has 148 valence electrons. The van der Waals surface area contributed by atoms with Gasteiger partial charge in [0.2, 0.25) is 5.75 Å². The van der Waals surface area contributed by atoms with Gasteiger partial charge in [-0.2, -0.15) is 0 Å². The van der Waals surface area contributed by atoms with E-state index in [0.29, 0.717) is 29.4 Å². The Morgan fingerprint density at radius 1 is 1.04 bits per heavy atom. The van der Waals surface area contributed by atoms with Gasteiger partial charge in [-0.15, -0.1) is 0 Å². The molecule has 6 heteroatoms. The van der Waals surface area contributed by atoms with Crippen LogP contribution in [0.5, 0.6) is 17.2 Å². The molecule has 0 aliphatic carbocycles. The summed E-state index contributed by atoms with van der Waals surface area (Å²) in [5.41, 5.74) is 4.12. The van der Waals surface area contributed by atoms with Gasteiger partial charge >= 0.3 is 0 Å². The molecule has 1 heterocycles. The van der Waals surface area contributed by atoms with Gasteiger partial charge in [0, 0.05) is 29.2 Å². The van der Waals surface area contributed by atoms with E-state index in [4.69, 9.17) is 14.2 Å². The largest absolute Gasteiger partial charge is 0.493 e. The maximum Gasteiger partial charge on any atom is 0.251 e. The van der Waals surface area contributed by atoms with E-state index < -0.39 is 0 Å². The molecule has 2 N–H and O–H groups in total. The third kappa shape index (κ3) is 3.76. The molecule has 1 amide bonds. The number of benzene rings is 2. The first kappa shape index (κ1) is 19.6. The predicted octanol–water partition coefficient (Wildman–Crippen LogP) is 3.73. The number of carbonyl (C=O) groups is 1. The quantitative estimate of drug-likeness (QED) is 0.623. The maximum absolute atomic E-state index is 12.6. The topological polar surface area (TPSA) is 72.6 Å². The smallest absolute Gasteiger partial charge is 0.251 e. The van der Waals surface area contributed by atoms with Crippen molar-refractivity contribution in [1.29, 1.82) is 0 Å². The van der Waals surface area contributed by atoms with Crippen molar-refractivity contribution in [3.8, 4) is 17.2 Å². The summed E-state index contributed by atoms with van der Waals surface area (Å²) in [5, 5.41) is 4.18. The van der Waals surface area contributed by atoms with Gasteiger partial charge in [-0.1, -0.05) is 25.1 Å². The van der Waals surface area contributed by atoms with Crippen molar-refractivity contribution in [3.05, 3.63) is 53.2 Å². The molecular formula is C22H26N2O4. The fraction of sp³-hybridized carbons (Fsp3) is 0.318. The minimum atomic E-state index is -0.187. The molecule has 3 aromatic rings. The Bertz CT molecular complexity index is 953. The van der Waals surface area contributed by atoms with Gasteiger partial charge in [-0.05, 0) is 36.1 Å². The number of fused-ring (bicyclic) bond motifs is 1. The molecule has 0 radical (unpaired) electrons. The first-order chi connectivity index (χ1) is 13.6. The van der Waals surface area contributed by atoms with Crippen molar-refractivity contribution >= 4 is 16.8 Å². The summed E-state index contributed by atoms with van der Waals surface area (Å²) in [6.07, 6.45) is 3.74. The number of aryl methyl sites for hydroxylation is 1. The van der Waals surface area contributed by atoms with Crippen LogP contribution in [-0.4, -0.2) is 38.8 Å². The summed E-state index contributed by atoms with van der Waals surface area (Å²) in [6, 6.07) is 9.62. The number of H-pyrrole nitrogens is 1. The standard InChI is InChI=1S/C22H26N2O4/c1-5-14-7-6-8-17-15(13-24-20(14)17)9-10-23-22(25)16-11-18(26-2)21(28-4)19(12-16)27-3/h6-8,11-13,24H,5,9-10H2,1-4H3,(H,23,25). The average molecular weight is 382 g/mol. The van der Waals surface area contributed by atoms with Crippen molar-refractivity contribution in [3.63, 3.8) is 0 Å². The molecule has 0 spiro atoms. The second-order valence-electron chi connectivity index (χ2n) is 6.43. The summed E-state index contributed by atoms with van der Waals surface area (Å²) < 4.78 is 15.9. The molecule has 28 heavy (non-hydrogen) atoms. The van der Waals surface area contributed by atoms with Crippen LogP contribution in [0.2, 0.25) is 0 Å². The van der Waals surface area contributed by atoms with E-state index in [0.717, 1.165) is 12.8 Å². The monoisotopic (exact) mass is 382 g/mol. The first-order valence-corrected chi connectivity index (χ1v) is 9.29. The number of nitrogens with one attached hydrogen (secondary N) is 2. The zero-order chi connectivity index (χ0) is 20.1. The van der Waals surface area contributed by atoms with Gasteiger partial charge in [0.1, 0.15) is 0 Å². The number of rotatable bonds is 8. The van der Waals surface area contributed by atoms with E-state index in [9.17, 15) is 4.79 Å². The molecule has 6 nitrogen and oxygen atoms in total. The van der Waals surface area contributed by atoms with Crippen LogP contribution in [0.1, 0.15) is 28.4 Å². The van der Waals surface area contributed by atoms with Gasteiger partial charge in [-0.3, -0.25) is 4.79 Å². The summed E-state index contributed by atoms with van der Waals surface area (Å²) in [4.78, 5) is 16.0. The summed E-state index contributed by atoms with van der Waals surface area (Å²) >= 11 is 0. The second kappa shape index (κ2) is 8.69. The van der Waals surface area contributed by atoms with Crippen molar-refractivity contribution in [2.24, 2.45) is 0 Å². The normalized spacial score (nSPS) is 10.7. The molecule has 0 saturated heterocycles. The van der Waals surface area contributed by atoms with Crippen molar-refractivity contribution in [2.75, 3.05) is 27.9 Å². The number of para-hydroxylation sites is 1. The highest BCUT2D eigenvalue weighted by Crippen LogP contribution is 2.38. The number of hydrogen-bond donors (Lipinski definition) is 2. The van der Waals surface area contributed by atoms with Gasteiger partial charge in [0.05, 0.1) is 21.3 Å². The number of amides is 1. The number of carbonyl (C=O) groups excluding carboxylic acids is 1. The molecule has 3 rings (SSSR count). The lowest BCUT2D eigenvalue weighted by molar-refractivity contribution is 0.0953. The lowest BCUT2D eigenvalue weighted by atomic mass is 10.1. The third-order valence-electron chi connectivity index (χ3n) is 4.88. The van der Waals surface area contributed by atoms with Gasteiger partial charge in [-0.25, -0.2) is 0 Å². The van der Waals surface area contributed by atoms with Crippen molar-refractivity contribution < 1.29 is 19.0 Å². The highest BCUT2D eigenvalue weighted by molar-refractivity contribution is 5.95. The van der Waals surface area contributed by atoms with Gasteiger partial charge < -0.3 is 24.5 Å². The Balaban J connectivity index is 1.71. The van der Waals surface area contributed by atoms with Gasteiger partial charge in [0.25, 0.3) is 5.91 Å². The zero-order valence-electron chi connectivity index (χ0n) is 16.7. The van der Waals surface area contributed by atoms with Crippen LogP contribution in [0.25, 0.3) is 10.9 Å². The van der Waals surface area contributed by atoms with Gasteiger partial charge in [0.15, 0.2) is 11.5 Å². The minimum absolute atomic E-state index is 0.187. The van der Waals surface area contributed by atoms with Crippen LogP contribution >= 0.6 is 0 Å². The molecule has 0 aliphatic heterocycles. The van der Waals surface area contributed by atoms with Crippen LogP contribution in [0.3, 0.4) is 0 Å². The molecule has 0 atom stereocenters. The second-order valence-corrected chi connectivity index (χ2v) is 6.43. The average Bonchev–Trinajstić information content (AvgIpc) is 3.15. The molecule has 2 aromatic carbocycles. The SMILES string of the molecule is CCc1cccc2c(CCNC(=O)c3cc(OC)c(OC)c(OC)c3)c[nH]c12. The highest BCUT2D eigenvalue weighted by Gasteiger charge is 2.17. The van der Waals surface area contributed by atoms with E-state index >= 15 is 0 Å². The predicted molar refractivity (Wildman–Crippen MR) is 110 cm³/mol. The lowest BCUT2D eigenvalue weighted by Gasteiger charge is -2.14. The fourth-order valence-corrected chi connectivity index (χ4v) is 3.40. The molecule has 0 fully saturated rings. The van der Waals surface area contributed by atoms with E-state index in [2.05, 4.69) is 35.4 Å². The Morgan fingerprint density at radius 2 is 1.75 bits per heavy atom. The molecule has 1 aromatic heterocycles. The number of aromatic nitrogens is 1.